The van der Waals surface area contributed by atoms with E-state index >= 15 is 0 Å². The van der Waals surface area contributed by atoms with E-state index in [0.29, 0.717) is 23.7 Å². The summed E-state index contributed by atoms with van der Waals surface area (Å²) in [6.45, 7) is 0.596. The molecule has 0 aliphatic rings. The lowest BCUT2D eigenvalue weighted by molar-refractivity contribution is 0.181. The molecule has 0 radical (unpaired) electrons. The molecule has 0 heterocycles. The van der Waals surface area contributed by atoms with E-state index in [9.17, 15) is 4.79 Å². The van der Waals surface area contributed by atoms with E-state index < -0.39 is 0 Å². The van der Waals surface area contributed by atoms with Crippen LogP contribution in [0.3, 0.4) is 0 Å². The number of aliphatic imine (C=N–C) groups is 1. The van der Waals surface area contributed by atoms with Crippen molar-refractivity contribution >= 4 is 6.08 Å². The van der Waals surface area contributed by atoms with Gasteiger partial charge < -0.3 is 14.2 Å². The third-order valence-corrected chi connectivity index (χ3v) is 2.32. The van der Waals surface area contributed by atoms with Crippen molar-refractivity contribution in [1.82, 2.24) is 0 Å². The van der Waals surface area contributed by atoms with Gasteiger partial charge in [-0.1, -0.05) is 0 Å². The SMILES string of the molecule is COCc1ccc(OC)c(CN=C=O)c1OC. The van der Waals surface area contributed by atoms with Gasteiger partial charge in [-0.2, -0.15) is 0 Å². The van der Waals surface area contributed by atoms with E-state index in [1.165, 1.54) is 6.08 Å². The van der Waals surface area contributed by atoms with Gasteiger partial charge in [0, 0.05) is 12.7 Å². The lowest BCUT2D eigenvalue weighted by Gasteiger charge is -2.15. The van der Waals surface area contributed by atoms with Gasteiger partial charge in [0.1, 0.15) is 11.5 Å². The van der Waals surface area contributed by atoms with E-state index in [0.717, 1.165) is 5.56 Å². The molecule has 1 rings (SSSR count). The second kappa shape index (κ2) is 6.68. The van der Waals surface area contributed by atoms with Crippen LogP contribution in [-0.2, 0) is 22.7 Å². The van der Waals surface area contributed by atoms with Crippen molar-refractivity contribution in [3.8, 4) is 11.5 Å². The Hall–Kier alpha value is -1.84. The number of carbonyl (C=O) groups excluding carboxylic acids is 1. The molecule has 0 saturated heterocycles. The fourth-order valence-corrected chi connectivity index (χ4v) is 1.63. The Bertz CT molecular complexity index is 425. The number of hydrogen-bond acceptors (Lipinski definition) is 5. The van der Waals surface area contributed by atoms with Crippen LogP contribution in [0.5, 0.6) is 11.5 Å². The topological polar surface area (TPSA) is 57.1 Å². The van der Waals surface area contributed by atoms with Crippen molar-refractivity contribution in [3.05, 3.63) is 23.3 Å². The quantitative estimate of drug-likeness (QED) is 0.558. The molecule has 5 nitrogen and oxygen atoms in total. The number of methoxy groups -OCH3 is 3. The first kappa shape index (κ1) is 13.2. The van der Waals surface area contributed by atoms with Crippen LogP contribution in [0.4, 0.5) is 0 Å². The average Bonchev–Trinajstić information content (AvgIpc) is 2.36. The van der Waals surface area contributed by atoms with Crippen molar-refractivity contribution in [2.75, 3.05) is 21.3 Å². The largest absolute Gasteiger partial charge is 0.496 e. The fraction of sp³-hybridized carbons (Fsp3) is 0.417. The van der Waals surface area contributed by atoms with Crippen molar-refractivity contribution < 1.29 is 19.0 Å². The number of benzene rings is 1. The lowest BCUT2D eigenvalue weighted by atomic mass is 10.1. The molecule has 5 heteroatoms. The molecule has 92 valence electrons. The highest BCUT2D eigenvalue weighted by molar-refractivity contribution is 5.50. The first-order valence-corrected chi connectivity index (χ1v) is 5.03. The van der Waals surface area contributed by atoms with Crippen LogP contribution >= 0.6 is 0 Å². The van der Waals surface area contributed by atoms with Crippen LogP contribution in [0.2, 0.25) is 0 Å². The highest BCUT2D eigenvalue weighted by Crippen LogP contribution is 2.33. The average molecular weight is 237 g/mol. The second-order valence-electron chi connectivity index (χ2n) is 3.28. The summed E-state index contributed by atoms with van der Waals surface area (Å²) in [6.07, 6.45) is 1.50. The molecule has 0 aliphatic carbocycles. The van der Waals surface area contributed by atoms with Crippen LogP contribution < -0.4 is 9.47 Å². The monoisotopic (exact) mass is 237 g/mol. The van der Waals surface area contributed by atoms with Crippen molar-refractivity contribution in [1.29, 1.82) is 0 Å². The summed E-state index contributed by atoms with van der Waals surface area (Å²) >= 11 is 0. The molecule has 0 unspecified atom stereocenters. The zero-order valence-electron chi connectivity index (χ0n) is 10.1. The third kappa shape index (κ3) is 3.06. The van der Waals surface area contributed by atoms with Gasteiger partial charge in [0.05, 0.1) is 32.9 Å². The summed E-state index contributed by atoms with van der Waals surface area (Å²) in [5.41, 5.74) is 1.60. The van der Waals surface area contributed by atoms with Crippen LogP contribution in [0.25, 0.3) is 0 Å². The Morgan fingerprint density at radius 2 is 2.00 bits per heavy atom. The molecule has 0 fully saturated rings. The highest BCUT2D eigenvalue weighted by Gasteiger charge is 2.14. The smallest absolute Gasteiger partial charge is 0.235 e. The van der Waals surface area contributed by atoms with E-state index in [1.54, 1.807) is 27.4 Å². The maximum absolute atomic E-state index is 10.2. The number of nitrogens with zero attached hydrogens (tertiary/aromatic N) is 1. The van der Waals surface area contributed by atoms with Gasteiger partial charge in [-0.3, -0.25) is 0 Å². The maximum atomic E-state index is 10.2. The van der Waals surface area contributed by atoms with Gasteiger partial charge in [-0.25, -0.2) is 9.79 Å². The predicted octanol–water partition coefficient (Wildman–Crippen LogP) is 1.69. The molecule has 0 N–H and O–H groups in total. The van der Waals surface area contributed by atoms with Gasteiger partial charge >= 0.3 is 0 Å². The number of isocyanates is 1. The van der Waals surface area contributed by atoms with Crippen molar-refractivity contribution in [3.63, 3.8) is 0 Å². The van der Waals surface area contributed by atoms with Gasteiger partial charge in [0.2, 0.25) is 6.08 Å². The standard InChI is InChI=1S/C12H15NO4/c1-15-7-9-4-5-11(16-2)10(6-13-8-14)12(9)17-3/h4-5H,6-7H2,1-3H3. The Labute approximate surface area is 100 Å². The minimum absolute atomic E-state index is 0.174. The first-order chi connectivity index (χ1) is 8.28. The molecule has 0 atom stereocenters. The Morgan fingerprint density at radius 3 is 2.53 bits per heavy atom. The number of hydrogen-bond donors (Lipinski definition) is 0. The van der Waals surface area contributed by atoms with E-state index in [1.807, 2.05) is 6.07 Å². The van der Waals surface area contributed by atoms with Gasteiger partial charge in [0.15, 0.2) is 0 Å². The molecule has 1 aromatic carbocycles. The Morgan fingerprint density at radius 1 is 1.24 bits per heavy atom. The van der Waals surface area contributed by atoms with Gasteiger partial charge in [0.25, 0.3) is 0 Å². The van der Waals surface area contributed by atoms with Crippen LogP contribution in [0.15, 0.2) is 17.1 Å². The minimum Gasteiger partial charge on any atom is -0.496 e. The fourth-order valence-electron chi connectivity index (χ4n) is 1.63. The zero-order chi connectivity index (χ0) is 12.7. The van der Waals surface area contributed by atoms with E-state index in [4.69, 9.17) is 14.2 Å². The molecule has 0 bridgehead atoms. The summed E-state index contributed by atoms with van der Waals surface area (Å²) in [4.78, 5) is 13.7. The molecule has 0 aliphatic heterocycles. The van der Waals surface area contributed by atoms with Crippen LogP contribution in [0.1, 0.15) is 11.1 Å². The Balaban J connectivity index is 3.26. The lowest BCUT2D eigenvalue weighted by Crippen LogP contribution is -2.01. The number of ether oxygens (including phenoxy) is 3. The highest BCUT2D eigenvalue weighted by atomic mass is 16.5. The summed E-state index contributed by atoms with van der Waals surface area (Å²) in [6, 6.07) is 3.65. The zero-order valence-corrected chi connectivity index (χ0v) is 10.1. The summed E-state index contributed by atoms with van der Waals surface area (Å²) in [5, 5.41) is 0. The molecule has 0 aromatic heterocycles. The van der Waals surface area contributed by atoms with Crippen LogP contribution in [-0.4, -0.2) is 27.4 Å². The molecule has 0 spiro atoms. The second-order valence-corrected chi connectivity index (χ2v) is 3.28. The summed E-state index contributed by atoms with van der Waals surface area (Å²) in [7, 11) is 4.72. The van der Waals surface area contributed by atoms with E-state index in [2.05, 4.69) is 4.99 Å². The predicted molar refractivity (Wildman–Crippen MR) is 62.1 cm³/mol. The number of rotatable bonds is 6. The van der Waals surface area contributed by atoms with Gasteiger partial charge in [-0.15, -0.1) is 0 Å². The molecule has 17 heavy (non-hydrogen) atoms. The molecular weight excluding hydrogens is 222 g/mol. The molecular formula is C12H15NO4. The maximum Gasteiger partial charge on any atom is 0.235 e. The van der Waals surface area contributed by atoms with Gasteiger partial charge in [-0.05, 0) is 12.1 Å². The third-order valence-electron chi connectivity index (χ3n) is 2.32. The van der Waals surface area contributed by atoms with Crippen LogP contribution in [0, 0.1) is 0 Å². The summed E-state index contributed by atoms with van der Waals surface area (Å²) < 4.78 is 15.6. The van der Waals surface area contributed by atoms with Crippen molar-refractivity contribution in [2.24, 2.45) is 4.99 Å². The van der Waals surface area contributed by atoms with E-state index in [-0.39, 0.29) is 6.54 Å². The minimum atomic E-state index is 0.174. The molecule has 0 saturated carbocycles. The first-order valence-electron chi connectivity index (χ1n) is 5.03. The summed E-state index contributed by atoms with van der Waals surface area (Å²) in [5.74, 6) is 1.26. The normalized spacial score (nSPS) is 9.59. The Kier molecular flexibility index (Phi) is 5.20. The molecule has 1 aromatic rings. The van der Waals surface area contributed by atoms with Crippen molar-refractivity contribution in [2.45, 2.75) is 13.2 Å². The molecule has 0 amide bonds.